The summed E-state index contributed by atoms with van der Waals surface area (Å²) in [4.78, 5) is 8.90. The summed E-state index contributed by atoms with van der Waals surface area (Å²) < 4.78 is 0. The first-order valence-electron chi connectivity index (χ1n) is 6.26. The number of halogens is 1. The first-order valence-corrected chi connectivity index (χ1v) is 6.64. The van der Waals surface area contributed by atoms with Crippen LogP contribution in [-0.4, -0.2) is 27.2 Å². The van der Waals surface area contributed by atoms with Gasteiger partial charge in [0, 0.05) is 17.0 Å². The summed E-state index contributed by atoms with van der Waals surface area (Å²) in [5.41, 5.74) is 0.735. The number of hydrogen-bond acceptors (Lipinski definition) is 4. The van der Waals surface area contributed by atoms with Gasteiger partial charge in [0.15, 0.2) is 0 Å². The fraction of sp³-hybridized carbons (Fsp3) is 0.692. The maximum Gasteiger partial charge on any atom is 0.137 e. The molecule has 1 saturated carbocycles. The van der Waals surface area contributed by atoms with E-state index in [0.717, 1.165) is 30.0 Å². The predicted molar refractivity (Wildman–Crippen MR) is 73.1 cm³/mol. The Hall–Kier alpha value is -0.870. The number of aromatic nitrogens is 2. The second kappa shape index (κ2) is 4.67. The second-order valence-electron chi connectivity index (χ2n) is 6.03. The molecule has 1 aromatic rings. The molecule has 0 aromatic carbocycles. The molecule has 1 aliphatic carbocycles. The molecule has 0 amide bonds. The molecule has 2 N–H and O–H groups in total. The quantitative estimate of drug-likeness (QED) is 0.811. The molecule has 1 aliphatic rings. The Morgan fingerprint density at radius 1 is 1.28 bits per heavy atom. The van der Waals surface area contributed by atoms with Crippen molar-refractivity contribution < 1.29 is 5.11 Å². The van der Waals surface area contributed by atoms with Crippen molar-refractivity contribution in [2.24, 2.45) is 0 Å². The van der Waals surface area contributed by atoms with Crippen LogP contribution in [-0.2, 0) is 5.41 Å². The van der Waals surface area contributed by atoms with Gasteiger partial charge >= 0.3 is 0 Å². The highest BCUT2D eigenvalue weighted by molar-refractivity contribution is 6.30. The van der Waals surface area contributed by atoms with E-state index in [1.54, 1.807) is 0 Å². The van der Waals surface area contributed by atoms with Crippen molar-refractivity contribution in [2.75, 3.05) is 5.32 Å². The number of anilines is 1. The van der Waals surface area contributed by atoms with Gasteiger partial charge in [0.1, 0.15) is 16.8 Å². The standard InChI is InChI=1S/C13H20ClN3O/c1-7-10(14)16-12(13(2,3)4)17-11(7)15-8-5-9(18)6-8/h8-9,18H,5-6H2,1-4H3,(H,15,16,17). The van der Waals surface area contributed by atoms with Crippen LogP contribution < -0.4 is 5.32 Å². The summed E-state index contributed by atoms with van der Waals surface area (Å²) in [6.45, 7) is 8.09. The lowest BCUT2D eigenvalue weighted by Crippen LogP contribution is -2.39. The highest BCUT2D eigenvalue weighted by Gasteiger charge is 2.28. The number of rotatable bonds is 2. The molecule has 100 valence electrons. The molecule has 0 aliphatic heterocycles. The zero-order chi connectivity index (χ0) is 13.5. The van der Waals surface area contributed by atoms with Crippen LogP contribution in [0.1, 0.15) is 45.0 Å². The van der Waals surface area contributed by atoms with Crippen LogP contribution in [0.4, 0.5) is 5.82 Å². The van der Waals surface area contributed by atoms with Crippen LogP contribution >= 0.6 is 11.6 Å². The molecule has 4 nitrogen and oxygen atoms in total. The minimum atomic E-state index is -0.179. The molecular formula is C13H20ClN3O. The van der Waals surface area contributed by atoms with Gasteiger partial charge in [-0.15, -0.1) is 0 Å². The average molecular weight is 270 g/mol. The minimum Gasteiger partial charge on any atom is -0.393 e. The molecule has 0 spiro atoms. The molecule has 1 aromatic heterocycles. The first kappa shape index (κ1) is 13.6. The normalized spacial score (nSPS) is 23.7. The van der Waals surface area contributed by atoms with Gasteiger partial charge in [0.25, 0.3) is 0 Å². The molecule has 18 heavy (non-hydrogen) atoms. The van der Waals surface area contributed by atoms with Gasteiger partial charge in [-0.25, -0.2) is 9.97 Å². The fourth-order valence-electron chi connectivity index (χ4n) is 1.86. The molecule has 5 heteroatoms. The molecule has 2 rings (SSSR count). The fourth-order valence-corrected chi connectivity index (χ4v) is 2.03. The van der Waals surface area contributed by atoms with Crippen molar-refractivity contribution in [1.82, 2.24) is 9.97 Å². The Bertz CT molecular complexity index is 450. The van der Waals surface area contributed by atoms with E-state index in [-0.39, 0.29) is 17.6 Å². The smallest absolute Gasteiger partial charge is 0.137 e. The van der Waals surface area contributed by atoms with Crippen LogP contribution in [0.15, 0.2) is 0 Å². The summed E-state index contributed by atoms with van der Waals surface area (Å²) in [6, 6.07) is 0.289. The number of nitrogens with one attached hydrogen (secondary N) is 1. The van der Waals surface area contributed by atoms with Crippen LogP contribution in [0.25, 0.3) is 0 Å². The van der Waals surface area contributed by atoms with Crippen molar-refractivity contribution in [2.45, 2.75) is 58.1 Å². The van der Waals surface area contributed by atoms with Crippen molar-refractivity contribution in [3.8, 4) is 0 Å². The van der Waals surface area contributed by atoms with Crippen molar-refractivity contribution in [1.29, 1.82) is 0 Å². The zero-order valence-corrected chi connectivity index (χ0v) is 12.0. The van der Waals surface area contributed by atoms with E-state index in [2.05, 4.69) is 36.1 Å². The Balaban J connectivity index is 2.25. The van der Waals surface area contributed by atoms with E-state index >= 15 is 0 Å². The molecule has 0 atom stereocenters. The number of aliphatic hydroxyl groups is 1. The lowest BCUT2D eigenvalue weighted by atomic mass is 9.89. The summed E-state index contributed by atoms with van der Waals surface area (Å²) in [5, 5.41) is 13.1. The van der Waals surface area contributed by atoms with Crippen LogP contribution in [0, 0.1) is 6.92 Å². The summed E-state index contributed by atoms with van der Waals surface area (Å²) in [7, 11) is 0. The Morgan fingerprint density at radius 3 is 2.39 bits per heavy atom. The van der Waals surface area contributed by atoms with E-state index in [4.69, 9.17) is 11.6 Å². The number of aliphatic hydroxyl groups excluding tert-OH is 1. The summed E-state index contributed by atoms with van der Waals surface area (Å²) in [6.07, 6.45) is 1.36. The molecule has 1 fully saturated rings. The summed E-state index contributed by atoms with van der Waals surface area (Å²) >= 11 is 6.16. The second-order valence-corrected chi connectivity index (χ2v) is 6.39. The van der Waals surface area contributed by atoms with Crippen LogP contribution in [0.3, 0.4) is 0 Å². The van der Waals surface area contributed by atoms with Gasteiger partial charge in [0.2, 0.25) is 0 Å². The maximum atomic E-state index is 9.31. The predicted octanol–water partition coefficient (Wildman–Crippen LogP) is 2.67. The molecule has 0 unspecified atom stereocenters. The zero-order valence-electron chi connectivity index (χ0n) is 11.3. The average Bonchev–Trinajstić information content (AvgIpc) is 2.20. The SMILES string of the molecule is Cc1c(Cl)nc(C(C)(C)C)nc1NC1CC(O)C1. The van der Waals surface area contributed by atoms with Gasteiger partial charge in [-0.3, -0.25) is 0 Å². The maximum absolute atomic E-state index is 9.31. The van der Waals surface area contributed by atoms with Crippen molar-refractivity contribution in [3.05, 3.63) is 16.5 Å². The van der Waals surface area contributed by atoms with Gasteiger partial charge in [0.05, 0.1) is 6.10 Å². The largest absolute Gasteiger partial charge is 0.393 e. The van der Waals surface area contributed by atoms with Crippen molar-refractivity contribution in [3.63, 3.8) is 0 Å². The van der Waals surface area contributed by atoms with Crippen LogP contribution in [0.2, 0.25) is 5.15 Å². The monoisotopic (exact) mass is 269 g/mol. The lowest BCUT2D eigenvalue weighted by molar-refractivity contribution is 0.0835. The van der Waals surface area contributed by atoms with E-state index in [9.17, 15) is 5.11 Å². The highest BCUT2D eigenvalue weighted by atomic mass is 35.5. The molecule has 0 radical (unpaired) electrons. The van der Waals surface area contributed by atoms with Gasteiger partial charge < -0.3 is 10.4 Å². The van der Waals surface area contributed by atoms with Gasteiger partial charge in [-0.1, -0.05) is 32.4 Å². The minimum absolute atomic E-state index is 0.132. The van der Waals surface area contributed by atoms with Gasteiger partial charge in [-0.05, 0) is 19.8 Å². The van der Waals surface area contributed by atoms with Crippen molar-refractivity contribution >= 4 is 17.4 Å². The van der Waals surface area contributed by atoms with Crippen LogP contribution in [0.5, 0.6) is 0 Å². The molecule has 1 heterocycles. The Kier molecular flexibility index (Phi) is 3.52. The third-order valence-corrected chi connectivity index (χ3v) is 3.58. The summed E-state index contributed by atoms with van der Waals surface area (Å²) in [5.74, 6) is 1.53. The van der Waals surface area contributed by atoms with Gasteiger partial charge in [-0.2, -0.15) is 0 Å². The first-order chi connectivity index (χ1) is 8.27. The van der Waals surface area contributed by atoms with E-state index in [1.165, 1.54) is 0 Å². The topological polar surface area (TPSA) is 58.0 Å². The Labute approximate surface area is 113 Å². The number of hydrogen-bond donors (Lipinski definition) is 2. The lowest BCUT2D eigenvalue weighted by Gasteiger charge is -2.33. The van der Waals surface area contributed by atoms with E-state index in [1.807, 2.05) is 6.92 Å². The van der Waals surface area contributed by atoms with E-state index < -0.39 is 0 Å². The molecule has 0 bridgehead atoms. The van der Waals surface area contributed by atoms with E-state index in [0.29, 0.717) is 5.15 Å². The number of nitrogens with zero attached hydrogens (tertiary/aromatic N) is 2. The molecule has 0 saturated heterocycles. The highest BCUT2D eigenvalue weighted by Crippen LogP contribution is 2.29. The third-order valence-electron chi connectivity index (χ3n) is 3.21. The Morgan fingerprint density at radius 2 is 1.89 bits per heavy atom. The third kappa shape index (κ3) is 2.75. The molecular weight excluding hydrogens is 250 g/mol.